The number of benzene rings is 2. The first kappa shape index (κ1) is 17.6. The summed E-state index contributed by atoms with van der Waals surface area (Å²) in [6, 6.07) is 9.63. The molecular weight excluding hydrogens is 330 g/mol. The van der Waals surface area contributed by atoms with E-state index in [1.807, 2.05) is 0 Å². The van der Waals surface area contributed by atoms with Crippen molar-refractivity contribution in [2.45, 2.75) is 6.92 Å². The number of amides is 1. The van der Waals surface area contributed by atoms with Crippen molar-refractivity contribution >= 4 is 35.2 Å². The molecule has 2 aromatic rings. The van der Waals surface area contributed by atoms with Gasteiger partial charge in [0.15, 0.2) is 0 Å². The van der Waals surface area contributed by atoms with E-state index in [0.717, 1.165) is 5.56 Å². The molecule has 0 fully saturated rings. The summed E-state index contributed by atoms with van der Waals surface area (Å²) in [5.74, 6) is -0.847. The van der Waals surface area contributed by atoms with Crippen LogP contribution in [0.1, 0.15) is 21.5 Å². The third-order valence-corrected chi connectivity index (χ3v) is 3.58. The number of carboxylic acids is 1. The van der Waals surface area contributed by atoms with E-state index < -0.39 is 5.97 Å². The number of nitrogens with one attached hydrogen (secondary N) is 1. The fourth-order valence-electron chi connectivity index (χ4n) is 2.07. The maximum atomic E-state index is 12.1. The Labute approximate surface area is 144 Å². The molecular formula is C18H16ClNO4. The van der Waals surface area contributed by atoms with Gasteiger partial charge in [0, 0.05) is 22.3 Å². The molecule has 0 aromatic heterocycles. The van der Waals surface area contributed by atoms with Gasteiger partial charge in [-0.05, 0) is 48.9 Å². The number of methoxy groups -OCH3 is 1. The lowest BCUT2D eigenvalue weighted by Gasteiger charge is -2.08. The van der Waals surface area contributed by atoms with Crippen LogP contribution in [0.3, 0.4) is 0 Å². The molecule has 0 bridgehead atoms. The van der Waals surface area contributed by atoms with E-state index in [9.17, 15) is 9.59 Å². The number of anilines is 1. The number of aryl methyl sites for hydroxylation is 1. The number of rotatable bonds is 5. The summed E-state index contributed by atoms with van der Waals surface area (Å²) < 4.78 is 5.21. The highest BCUT2D eigenvalue weighted by molar-refractivity contribution is 6.30. The normalized spacial score (nSPS) is 10.6. The molecule has 0 saturated carbocycles. The second-order valence-electron chi connectivity index (χ2n) is 5.04. The van der Waals surface area contributed by atoms with Crippen LogP contribution in [0.25, 0.3) is 6.08 Å². The predicted octanol–water partition coefficient (Wildman–Crippen LogP) is 4.01. The van der Waals surface area contributed by atoms with Crippen LogP contribution in [-0.2, 0) is 4.79 Å². The Morgan fingerprint density at radius 2 is 1.96 bits per heavy atom. The van der Waals surface area contributed by atoms with Gasteiger partial charge in [0.1, 0.15) is 5.75 Å². The maximum Gasteiger partial charge on any atom is 0.335 e. The number of aromatic carboxylic acids is 1. The van der Waals surface area contributed by atoms with Crippen LogP contribution in [0, 0.1) is 6.92 Å². The Morgan fingerprint density at radius 1 is 1.21 bits per heavy atom. The zero-order valence-corrected chi connectivity index (χ0v) is 13.9. The average Bonchev–Trinajstić information content (AvgIpc) is 2.55. The topological polar surface area (TPSA) is 75.6 Å². The molecule has 24 heavy (non-hydrogen) atoms. The van der Waals surface area contributed by atoms with Gasteiger partial charge in [-0.25, -0.2) is 4.79 Å². The summed E-state index contributed by atoms with van der Waals surface area (Å²) >= 11 is 5.94. The Kier molecular flexibility index (Phi) is 5.60. The molecule has 0 spiro atoms. The molecule has 0 saturated heterocycles. The zero-order chi connectivity index (χ0) is 17.7. The number of hydrogen-bond donors (Lipinski definition) is 2. The smallest absolute Gasteiger partial charge is 0.335 e. The van der Waals surface area contributed by atoms with Gasteiger partial charge >= 0.3 is 5.97 Å². The highest BCUT2D eigenvalue weighted by Gasteiger charge is 2.08. The molecule has 0 aliphatic heterocycles. The average molecular weight is 346 g/mol. The van der Waals surface area contributed by atoms with Crippen LogP contribution in [-0.4, -0.2) is 24.1 Å². The largest absolute Gasteiger partial charge is 0.496 e. The molecule has 1 amide bonds. The van der Waals surface area contributed by atoms with E-state index in [0.29, 0.717) is 22.0 Å². The van der Waals surface area contributed by atoms with Crippen molar-refractivity contribution in [1.29, 1.82) is 0 Å². The molecule has 0 unspecified atom stereocenters. The van der Waals surface area contributed by atoms with Crippen molar-refractivity contribution in [3.8, 4) is 5.75 Å². The van der Waals surface area contributed by atoms with Crippen LogP contribution in [0.5, 0.6) is 5.75 Å². The van der Waals surface area contributed by atoms with E-state index >= 15 is 0 Å². The monoisotopic (exact) mass is 345 g/mol. The van der Waals surface area contributed by atoms with Gasteiger partial charge < -0.3 is 15.2 Å². The minimum absolute atomic E-state index is 0.108. The highest BCUT2D eigenvalue weighted by atomic mass is 35.5. The standard InChI is InChI=1S/C18H16ClNO4/c1-11-3-4-13(18(22)23)10-15(11)20-17(21)8-5-12-9-14(19)6-7-16(12)24-2/h3-10H,1-2H3,(H,20,21)(H,22,23). The molecule has 2 N–H and O–H groups in total. The second-order valence-corrected chi connectivity index (χ2v) is 5.48. The number of carbonyl (C=O) groups is 2. The minimum atomic E-state index is -1.05. The number of carbonyl (C=O) groups excluding carboxylic acids is 1. The van der Waals surface area contributed by atoms with Gasteiger partial charge in [-0.3, -0.25) is 4.79 Å². The first-order chi connectivity index (χ1) is 11.4. The summed E-state index contributed by atoms with van der Waals surface area (Å²) in [4.78, 5) is 23.1. The third kappa shape index (κ3) is 4.36. The first-order valence-corrected chi connectivity index (χ1v) is 7.45. The number of carboxylic acid groups (broad SMARTS) is 1. The molecule has 0 aliphatic carbocycles. The molecule has 2 aromatic carbocycles. The lowest BCUT2D eigenvalue weighted by molar-refractivity contribution is -0.111. The minimum Gasteiger partial charge on any atom is -0.496 e. The Morgan fingerprint density at radius 3 is 2.62 bits per heavy atom. The fourth-order valence-corrected chi connectivity index (χ4v) is 2.25. The quantitative estimate of drug-likeness (QED) is 0.803. The van der Waals surface area contributed by atoms with Crippen molar-refractivity contribution in [1.82, 2.24) is 0 Å². The second kappa shape index (κ2) is 7.66. The van der Waals surface area contributed by atoms with Crippen molar-refractivity contribution in [3.05, 3.63) is 64.2 Å². The van der Waals surface area contributed by atoms with E-state index in [4.69, 9.17) is 21.4 Å². The Hall–Kier alpha value is -2.79. The van der Waals surface area contributed by atoms with Gasteiger partial charge in [-0.2, -0.15) is 0 Å². The number of hydrogen-bond acceptors (Lipinski definition) is 3. The summed E-state index contributed by atoms with van der Waals surface area (Å²) in [6.45, 7) is 1.78. The van der Waals surface area contributed by atoms with Crippen molar-refractivity contribution < 1.29 is 19.4 Å². The van der Waals surface area contributed by atoms with E-state index in [-0.39, 0.29) is 11.5 Å². The van der Waals surface area contributed by atoms with Crippen molar-refractivity contribution in [3.63, 3.8) is 0 Å². The van der Waals surface area contributed by atoms with Gasteiger partial charge in [0.05, 0.1) is 12.7 Å². The Bertz CT molecular complexity index is 815. The summed E-state index contributed by atoms with van der Waals surface area (Å²) in [7, 11) is 1.53. The SMILES string of the molecule is COc1ccc(Cl)cc1C=CC(=O)Nc1cc(C(=O)O)ccc1C. The van der Waals surface area contributed by atoms with Crippen LogP contribution >= 0.6 is 11.6 Å². The number of halogens is 1. The maximum absolute atomic E-state index is 12.1. The lowest BCUT2D eigenvalue weighted by atomic mass is 10.1. The highest BCUT2D eigenvalue weighted by Crippen LogP contribution is 2.24. The third-order valence-electron chi connectivity index (χ3n) is 3.35. The summed E-state index contributed by atoms with van der Waals surface area (Å²) in [6.07, 6.45) is 2.91. The van der Waals surface area contributed by atoms with Gasteiger partial charge in [0.25, 0.3) is 0 Å². The molecule has 0 heterocycles. The lowest BCUT2D eigenvalue weighted by Crippen LogP contribution is -2.10. The molecule has 0 aliphatic rings. The molecule has 124 valence electrons. The van der Waals surface area contributed by atoms with Crippen LogP contribution in [0.2, 0.25) is 5.02 Å². The van der Waals surface area contributed by atoms with Crippen LogP contribution in [0.15, 0.2) is 42.5 Å². The van der Waals surface area contributed by atoms with Crippen molar-refractivity contribution in [2.75, 3.05) is 12.4 Å². The summed E-state index contributed by atoms with van der Waals surface area (Å²) in [5.41, 5.74) is 1.98. The molecule has 0 radical (unpaired) electrons. The van der Waals surface area contributed by atoms with Crippen LogP contribution < -0.4 is 10.1 Å². The molecule has 2 rings (SSSR count). The van der Waals surface area contributed by atoms with Crippen molar-refractivity contribution in [2.24, 2.45) is 0 Å². The first-order valence-electron chi connectivity index (χ1n) is 7.07. The zero-order valence-electron chi connectivity index (χ0n) is 13.2. The van der Waals surface area contributed by atoms with Gasteiger partial charge in [0.2, 0.25) is 5.91 Å². The van der Waals surface area contributed by atoms with E-state index in [1.54, 1.807) is 37.3 Å². The van der Waals surface area contributed by atoms with E-state index in [1.165, 1.54) is 25.3 Å². The fraction of sp³-hybridized carbons (Fsp3) is 0.111. The van der Waals surface area contributed by atoms with E-state index in [2.05, 4.69) is 5.32 Å². The Balaban J connectivity index is 2.18. The van der Waals surface area contributed by atoms with Crippen LogP contribution in [0.4, 0.5) is 5.69 Å². The van der Waals surface area contributed by atoms with Gasteiger partial charge in [-0.1, -0.05) is 17.7 Å². The molecule has 5 nitrogen and oxygen atoms in total. The van der Waals surface area contributed by atoms with Gasteiger partial charge in [-0.15, -0.1) is 0 Å². The molecule has 0 atom stereocenters. The number of ether oxygens (including phenoxy) is 1. The molecule has 6 heteroatoms. The predicted molar refractivity (Wildman–Crippen MR) is 93.8 cm³/mol. The summed E-state index contributed by atoms with van der Waals surface area (Å²) in [5, 5.41) is 12.2.